The second kappa shape index (κ2) is 5.75. The van der Waals surface area contributed by atoms with E-state index in [0.717, 1.165) is 6.20 Å². The Balaban J connectivity index is 1.67. The average molecular weight is 331 g/mol. The van der Waals surface area contributed by atoms with E-state index >= 15 is 0 Å². The van der Waals surface area contributed by atoms with Crippen LogP contribution in [0.3, 0.4) is 0 Å². The van der Waals surface area contributed by atoms with E-state index in [0.29, 0.717) is 48.3 Å². The summed E-state index contributed by atoms with van der Waals surface area (Å²) in [5.41, 5.74) is 0.525. The lowest BCUT2D eigenvalue weighted by Gasteiger charge is -2.36. The van der Waals surface area contributed by atoms with Gasteiger partial charge in [-0.05, 0) is 12.1 Å². The van der Waals surface area contributed by atoms with Crippen LogP contribution in [0.15, 0.2) is 30.5 Å². The molecule has 1 aromatic heterocycles. The molecule has 0 amide bonds. The van der Waals surface area contributed by atoms with Gasteiger partial charge in [0.25, 0.3) is 0 Å². The zero-order valence-electron chi connectivity index (χ0n) is 11.5. The minimum atomic E-state index is -4.36. The van der Waals surface area contributed by atoms with E-state index in [1.54, 1.807) is 23.1 Å². The highest BCUT2D eigenvalue weighted by molar-refractivity contribution is 7.15. The van der Waals surface area contributed by atoms with Crippen molar-refractivity contribution >= 4 is 22.2 Å². The Morgan fingerprint density at radius 1 is 1.00 bits per heavy atom. The van der Waals surface area contributed by atoms with E-state index in [4.69, 9.17) is 0 Å². The van der Waals surface area contributed by atoms with Crippen molar-refractivity contribution in [3.8, 4) is 0 Å². The summed E-state index contributed by atoms with van der Waals surface area (Å²) in [5.74, 6) is -0.287. The number of rotatable bonds is 2. The highest BCUT2D eigenvalue weighted by Crippen LogP contribution is 2.36. The molecule has 0 saturated carbocycles. The monoisotopic (exact) mass is 331 g/mol. The summed E-state index contributed by atoms with van der Waals surface area (Å²) in [6.45, 7) is 2.11. The predicted molar refractivity (Wildman–Crippen MR) is 77.9 cm³/mol. The Kier molecular flexibility index (Phi) is 3.94. The van der Waals surface area contributed by atoms with Crippen molar-refractivity contribution in [2.24, 2.45) is 0 Å². The third kappa shape index (κ3) is 3.01. The third-order valence-corrected chi connectivity index (χ3v) is 4.62. The maximum Gasteiger partial charge on any atom is 0.427 e. The molecule has 3 rings (SSSR count). The lowest BCUT2D eigenvalue weighted by atomic mass is 10.2. The Labute approximate surface area is 128 Å². The van der Waals surface area contributed by atoms with Crippen LogP contribution in [-0.2, 0) is 6.18 Å². The Bertz CT molecular complexity index is 648. The van der Waals surface area contributed by atoms with Crippen molar-refractivity contribution in [2.75, 3.05) is 36.0 Å². The van der Waals surface area contributed by atoms with Gasteiger partial charge in [-0.3, -0.25) is 0 Å². The molecule has 0 atom stereocenters. The van der Waals surface area contributed by atoms with E-state index in [2.05, 4.69) is 4.98 Å². The van der Waals surface area contributed by atoms with Gasteiger partial charge >= 0.3 is 6.18 Å². The molecular weight excluding hydrogens is 318 g/mol. The fourth-order valence-corrected chi connectivity index (χ4v) is 3.22. The minimum absolute atomic E-state index is 0.287. The SMILES string of the molecule is Fc1ccccc1N1CCN(c2ncc(C(F)(F)F)s2)CC1. The smallest absolute Gasteiger partial charge is 0.366 e. The summed E-state index contributed by atoms with van der Waals surface area (Å²) in [5, 5.41) is 0.362. The summed E-state index contributed by atoms with van der Waals surface area (Å²) >= 11 is 0.644. The number of piperazine rings is 1. The van der Waals surface area contributed by atoms with E-state index in [1.807, 2.05) is 4.90 Å². The number of anilines is 2. The van der Waals surface area contributed by atoms with Gasteiger partial charge in [-0.1, -0.05) is 23.5 Å². The molecule has 0 bridgehead atoms. The van der Waals surface area contributed by atoms with Crippen LogP contribution in [0.5, 0.6) is 0 Å². The topological polar surface area (TPSA) is 19.4 Å². The summed E-state index contributed by atoms with van der Waals surface area (Å²) in [4.78, 5) is 6.85. The lowest BCUT2D eigenvalue weighted by molar-refractivity contribution is -0.134. The first-order valence-electron chi connectivity index (χ1n) is 6.72. The Hall–Kier alpha value is -1.83. The molecule has 1 aromatic carbocycles. The molecule has 0 unspecified atom stereocenters. The van der Waals surface area contributed by atoms with Crippen molar-refractivity contribution in [2.45, 2.75) is 6.18 Å². The average Bonchev–Trinajstić information content (AvgIpc) is 2.98. The second-order valence-electron chi connectivity index (χ2n) is 4.93. The van der Waals surface area contributed by atoms with Crippen LogP contribution in [0.25, 0.3) is 0 Å². The molecule has 0 N–H and O–H groups in total. The molecule has 1 aliphatic heterocycles. The number of alkyl halides is 3. The quantitative estimate of drug-likeness (QED) is 0.784. The number of benzene rings is 1. The van der Waals surface area contributed by atoms with Gasteiger partial charge in [-0.15, -0.1) is 0 Å². The molecule has 0 spiro atoms. The summed E-state index contributed by atoms with van der Waals surface area (Å²) in [6.07, 6.45) is -3.49. The largest absolute Gasteiger partial charge is 0.427 e. The van der Waals surface area contributed by atoms with Crippen LogP contribution in [0.4, 0.5) is 28.4 Å². The normalized spacial score (nSPS) is 16.2. The van der Waals surface area contributed by atoms with Gasteiger partial charge in [0.05, 0.1) is 11.9 Å². The van der Waals surface area contributed by atoms with Crippen molar-refractivity contribution in [3.63, 3.8) is 0 Å². The molecule has 0 radical (unpaired) electrons. The van der Waals surface area contributed by atoms with Crippen molar-refractivity contribution in [3.05, 3.63) is 41.2 Å². The van der Waals surface area contributed by atoms with Crippen LogP contribution in [0, 0.1) is 5.82 Å². The molecule has 2 aromatic rings. The molecule has 3 nitrogen and oxygen atoms in total. The first kappa shape index (κ1) is 15.1. The van der Waals surface area contributed by atoms with Crippen LogP contribution in [-0.4, -0.2) is 31.2 Å². The lowest BCUT2D eigenvalue weighted by Crippen LogP contribution is -2.46. The molecule has 0 aliphatic carbocycles. The van der Waals surface area contributed by atoms with Gasteiger partial charge in [0.15, 0.2) is 5.13 Å². The molecule has 2 heterocycles. The Morgan fingerprint density at radius 3 is 2.23 bits per heavy atom. The zero-order chi connectivity index (χ0) is 15.7. The standard InChI is InChI=1S/C14H13F4N3S/c15-10-3-1-2-4-11(10)20-5-7-21(8-6-20)13-19-9-12(22-13)14(16,17)18/h1-4,9H,5-8H2. The van der Waals surface area contributed by atoms with E-state index in [-0.39, 0.29) is 5.82 Å². The number of thiazole rings is 1. The third-order valence-electron chi connectivity index (χ3n) is 3.52. The number of para-hydroxylation sites is 1. The van der Waals surface area contributed by atoms with Gasteiger partial charge in [-0.2, -0.15) is 13.2 Å². The maximum atomic E-state index is 13.7. The van der Waals surface area contributed by atoms with E-state index < -0.39 is 11.1 Å². The fraction of sp³-hybridized carbons (Fsp3) is 0.357. The van der Waals surface area contributed by atoms with Gasteiger partial charge in [0.1, 0.15) is 10.7 Å². The molecule has 1 fully saturated rings. The second-order valence-corrected chi connectivity index (χ2v) is 5.94. The first-order chi connectivity index (χ1) is 10.4. The summed E-state index contributed by atoms with van der Waals surface area (Å²) in [6, 6.07) is 6.50. The maximum absolute atomic E-state index is 13.7. The van der Waals surface area contributed by atoms with Crippen LogP contribution in [0.2, 0.25) is 0 Å². The van der Waals surface area contributed by atoms with Gasteiger partial charge in [0, 0.05) is 26.2 Å². The van der Waals surface area contributed by atoms with Gasteiger partial charge < -0.3 is 9.80 Å². The first-order valence-corrected chi connectivity index (χ1v) is 7.54. The van der Waals surface area contributed by atoms with Crippen molar-refractivity contribution < 1.29 is 17.6 Å². The fourth-order valence-electron chi connectivity index (χ4n) is 2.39. The minimum Gasteiger partial charge on any atom is -0.366 e. The number of hydrogen-bond donors (Lipinski definition) is 0. The molecule has 8 heteroatoms. The van der Waals surface area contributed by atoms with Gasteiger partial charge in [-0.25, -0.2) is 9.37 Å². The molecule has 1 saturated heterocycles. The molecule has 22 heavy (non-hydrogen) atoms. The van der Waals surface area contributed by atoms with Crippen LogP contribution >= 0.6 is 11.3 Å². The highest BCUT2D eigenvalue weighted by Gasteiger charge is 2.34. The zero-order valence-corrected chi connectivity index (χ0v) is 12.3. The van der Waals surface area contributed by atoms with Crippen molar-refractivity contribution in [1.29, 1.82) is 0 Å². The molecular formula is C14H13F4N3S. The Morgan fingerprint density at radius 2 is 1.64 bits per heavy atom. The molecule has 118 valence electrons. The number of aromatic nitrogens is 1. The van der Waals surface area contributed by atoms with Crippen molar-refractivity contribution in [1.82, 2.24) is 4.98 Å². The highest BCUT2D eigenvalue weighted by atomic mass is 32.1. The van der Waals surface area contributed by atoms with Crippen LogP contribution < -0.4 is 9.80 Å². The summed E-state index contributed by atoms with van der Waals surface area (Å²) in [7, 11) is 0. The van der Waals surface area contributed by atoms with Gasteiger partial charge in [0.2, 0.25) is 0 Å². The summed E-state index contributed by atoms with van der Waals surface area (Å²) < 4.78 is 51.5. The molecule has 1 aliphatic rings. The van der Waals surface area contributed by atoms with E-state index in [9.17, 15) is 17.6 Å². The number of halogens is 4. The van der Waals surface area contributed by atoms with Crippen LogP contribution in [0.1, 0.15) is 4.88 Å². The number of hydrogen-bond acceptors (Lipinski definition) is 4. The number of nitrogens with zero attached hydrogens (tertiary/aromatic N) is 3. The van der Waals surface area contributed by atoms with E-state index in [1.165, 1.54) is 6.07 Å². The predicted octanol–water partition coefficient (Wildman–Crippen LogP) is 3.63.